The van der Waals surface area contributed by atoms with Crippen LogP contribution in [0.1, 0.15) is 88.8 Å². The predicted molar refractivity (Wildman–Crippen MR) is 323 cm³/mol. The Hall–Kier alpha value is -8.42. The zero-order chi connectivity index (χ0) is 65.7. The SMILES string of the molecule is CC(=O)OC[C@H]1O[C@@H](Br)[C@H](OC(C)=O)[C@@H](OC(C)=O)[C@@H]1OC(C)=O.CC(=O)OC[C@H]1O[C@@H](OCCc2cc(C)cc(OCc3ccccc3)c2)[C@H](OC(C)=O)[C@@H](OC(C)=O)[C@@H]1OC(C)=O.OCCc1cc(OCc2ccccc2)cc(OCc2ccccc2)c1. The normalized spacial score (nSPS) is 20.7. The maximum absolute atomic E-state index is 12.0. The Morgan fingerprint density at radius 1 is 0.411 bits per heavy atom. The summed E-state index contributed by atoms with van der Waals surface area (Å²) in [6.45, 7) is 12.5. The number of carbonyl (C=O) groups is 8. The highest BCUT2D eigenvalue weighted by Crippen LogP contribution is 2.33. The van der Waals surface area contributed by atoms with E-state index in [1.165, 1.54) is 27.7 Å². The largest absolute Gasteiger partial charge is 0.489 e. The first-order valence-corrected chi connectivity index (χ1v) is 29.6. The van der Waals surface area contributed by atoms with Crippen molar-refractivity contribution in [3.8, 4) is 17.2 Å². The summed E-state index contributed by atoms with van der Waals surface area (Å²) in [5.74, 6) is -3.01. The third-order valence-electron chi connectivity index (χ3n) is 12.8. The molecule has 0 aromatic heterocycles. The van der Waals surface area contributed by atoms with E-state index < -0.39 is 108 Å². The van der Waals surface area contributed by atoms with E-state index in [1.807, 2.05) is 134 Å². The van der Waals surface area contributed by atoms with Crippen molar-refractivity contribution < 1.29 is 110 Å². The fourth-order valence-corrected chi connectivity index (χ4v) is 9.82. The van der Waals surface area contributed by atoms with Crippen molar-refractivity contribution in [2.24, 2.45) is 0 Å². The minimum absolute atomic E-state index is 0.0975. The fourth-order valence-electron chi connectivity index (χ4n) is 9.14. The van der Waals surface area contributed by atoms with Crippen LogP contribution in [0.5, 0.6) is 17.2 Å². The molecule has 23 nitrogen and oxygen atoms in total. The molecule has 1 N–H and O–H groups in total. The number of carbonyl (C=O) groups excluding carboxylic acids is 8. The summed E-state index contributed by atoms with van der Waals surface area (Å²) in [7, 11) is 0. The van der Waals surface area contributed by atoms with Crippen LogP contribution in [0.4, 0.5) is 0 Å². The molecule has 2 heterocycles. The van der Waals surface area contributed by atoms with E-state index in [-0.39, 0.29) is 26.4 Å². The zero-order valence-corrected chi connectivity index (χ0v) is 53.2. The summed E-state index contributed by atoms with van der Waals surface area (Å²) >= 11 is 3.18. The van der Waals surface area contributed by atoms with Crippen molar-refractivity contribution in [3.63, 3.8) is 0 Å². The number of aliphatic hydroxyl groups excluding tert-OH is 1. The van der Waals surface area contributed by atoms with Crippen LogP contribution in [0.15, 0.2) is 127 Å². The van der Waals surface area contributed by atoms with Crippen LogP contribution in [0.3, 0.4) is 0 Å². The lowest BCUT2D eigenvalue weighted by Gasteiger charge is -2.44. The van der Waals surface area contributed by atoms with Gasteiger partial charge < -0.3 is 71.4 Å². The van der Waals surface area contributed by atoms with Gasteiger partial charge in [0.1, 0.15) is 62.5 Å². The predicted octanol–water partition coefficient (Wildman–Crippen LogP) is 8.06. The van der Waals surface area contributed by atoms with Gasteiger partial charge >= 0.3 is 47.8 Å². The molecule has 0 radical (unpaired) electrons. The molecule has 0 aliphatic carbocycles. The van der Waals surface area contributed by atoms with E-state index in [0.717, 1.165) is 72.6 Å². The summed E-state index contributed by atoms with van der Waals surface area (Å²) in [6.07, 6.45) is -9.29. The molecule has 0 bridgehead atoms. The molecule has 2 aliphatic heterocycles. The topological polar surface area (TPSA) is 286 Å². The number of ether oxygens (including phenoxy) is 14. The molecule has 5 aromatic carbocycles. The third-order valence-corrected chi connectivity index (χ3v) is 13.5. The molecule has 0 saturated carbocycles. The molecule has 90 heavy (non-hydrogen) atoms. The lowest BCUT2D eigenvalue weighted by atomic mass is 9.98. The number of rotatable bonds is 25. The Balaban J connectivity index is 0.000000260. The highest BCUT2D eigenvalue weighted by Gasteiger charge is 2.53. The molecule has 0 amide bonds. The maximum atomic E-state index is 12.0. The van der Waals surface area contributed by atoms with Gasteiger partial charge in [-0.2, -0.15) is 0 Å². The van der Waals surface area contributed by atoms with E-state index in [2.05, 4.69) is 15.9 Å². The third kappa shape index (κ3) is 26.0. The second-order valence-corrected chi connectivity index (χ2v) is 21.4. The van der Waals surface area contributed by atoms with Crippen molar-refractivity contribution in [1.82, 2.24) is 0 Å². The van der Waals surface area contributed by atoms with Crippen molar-refractivity contribution in [2.45, 2.75) is 155 Å². The second kappa shape index (κ2) is 37.5. The van der Waals surface area contributed by atoms with E-state index >= 15 is 0 Å². The summed E-state index contributed by atoms with van der Waals surface area (Å²) < 4.78 is 77.0. The first-order chi connectivity index (χ1) is 43.0. The van der Waals surface area contributed by atoms with Crippen molar-refractivity contribution in [3.05, 3.63) is 161 Å². The van der Waals surface area contributed by atoms with Crippen LogP contribution in [0, 0.1) is 6.92 Å². The first kappa shape index (κ1) is 72.3. The molecule has 0 spiro atoms. The lowest BCUT2D eigenvalue weighted by Crippen LogP contribution is -2.63. The Morgan fingerprint density at radius 3 is 1.17 bits per heavy atom. The van der Waals surface area contributed by atoms with Crippen molar-refractivity contribution >= 4 is 63.7 Å². The molecule has 2 saturated heterocycles. The number of halogens is 1. The standard InChI is InChI=1S/C30H36O11.C22H22O3.C14H19BrO9/c1-18-13-24(15-25(14-18)37-16-23-9-7-6-8-10-23)11-12-35-30-29(40-22(5)34)28(39-21(4)33)27(38-20(3)32)26(41-30)17-36-19(2)31;23-12-11-20-13-21(24-16-18-7-3-1-4-8-18)15-22(14-20)25-17-19-9-5-2-6-10-19;1-6(16)20-5-10-11(21-7(2)17)12(22-8(3)18)13(14(15)24-10)23-9(4)19/h6-10,13-15,26-30H,11-12,16-17H2,1-5H3;1-10,13-15,23H,11-12,16-17H2;10-14H,5H2,1-4H3/t26-,27-,28+,29-,30-;;10-,11-,12+,13-,14-/m1.1/s1. The van der Waals surface area contributed by atoms with Crippen LogP contribution in [-0.4, -0.2) is 139 Å². The monoisotopic (exact) mass is 1320 g/mol. The molecule has 486 valence electrons. The van der Waals surface area contributed by atoms with Crippen LogP contribution in [0.25, 0.3) is 0 Å². The maximum Gasteiger partial charge on any atom is 0.303 e. The summed E-state index contributed by atoms with van der Waals surface area (Å²) in [5, 5.41) is 8.37. The van der Waals surface area contributed by atoms with E-state index in [9.17, 15) is 43.5 Å². The van der Waals surface area contributed by atoms with Gasteiger partial charge in [-0.05, 0) is 77.4 Å². The van der Waals surface area contributed by atoms with Crippen LogP contribution < -0.4 is 14.2 Å². The number of hydrogen-bond acceptors (Lipinski definition) is 23. The molecule has 0 unspecified atom stereocenters. The summed E-state index contributed by atoms with van der Waals surface area (Å²) in [5.41, 5.74) is 6.19. The number of alkyl halides is 1. The molecule has 2 aliphatic rings. The molecule has 10 atom stereocenters. The zero-order valence-electron chi connectivity index (χ0n) is 51.6. The van der Waals surface area contributed by atoms with Crippen LogP contribution >= 0.6 is 15.9 Å². The van der Waals surface area contributed by atoms with E-state index in [1.54, 1.807) is 0 Å². The number of esters is 8. The van der Waals surface area contributed by atoms with Gasteiger partial charge in [-0.1, -0.05) is 113 Å². The average molecular weight is 1320 g/mol. The molecule has 2 fully saturated rings. The van der Waals surface area contributed by atoms with E-state index in [4.69, 9.17) is 66.3 Å². The van der Waals surface area contributed by atoms with Gasteiger partial charge in [-0.25, -0.2) is 0 Å². The molecule has 24 heteroatoms. The van der Waals surface area contributed by atoms with Crippen LogP contribution in [-0.2, 0) is 123 Å². The Kier molecular flexibility index (Phi) is 30.2. The quantitative estimate of drug-likeness (QED) is 0.0328. The minimum Gasteiger partial charge on any atom is -0.489 e. The molecular weight excluding hydrogens is 1240 g/mol. The van der Waals surface area contributed by atoms with Gasteiger partial charge in [0.25, 0.3) is 0 Å². The average Bonchev–Trinajstić information content (AvgIpc) is 0.843. The van der Waals surface area contributed by atoms with Crippen molar-refractivity contribution in [2.75, 3.05) is 26.4 Å². The Bertz CT molecular complexity index is 3050. The van der Waals surface area contributed by atoms with Crippen LogP contribution in [0.2, 0.25) is 0 Å². The fraction of sp³-hybridized carbons (Fsp3) is 0.424. The Morgan fingerprint density at radius 2 is 0.767 bits per heavy atom. The Labute approximate surface area is 530 Å². The number of hydrogen-bond donors (Lipinski definition) is 1. The molecular formula is C66H77BrO23. The smallest absolute Gasteiger partial charge is 0.303 e. The second-order valence-electron chi connectivity index (χ2n) is 20.5. The van der Waals surface area contributed by atoms with Gasteiger partial charge in [-0.3, -0.25) is 38.4 Å². The molecule has 7 rings (SSSR count). The van der Waals surface area contributed by atoms with Gasteiger partial charge in [0.15, 0.2) is 47.9 Å². The van der Waals surface area contributed by atoms with Gasteiger partial charge in [0, 0.05) is 68.1 Å². The van der Waals surface area contributed by atoms with Crippen molar-refractivity contribution in [1.29, 1.82) is 0 Å². The number of aliphatic hydroxyl groups is 1. The van der Waals surface area contributed by atoms with Gasteiger partial charge in [-0.15, -0.1) is 0 Å². The summed E-state index contributed by atoms with van der Waals surface area (Å²) in [6, 6.07) is 41.5. The van der Waals surface area contributed by atoms with Gasteiger partial charge in [0.2, 0.25) is 0 Å². The minimum atomic E-state index is -1.28. The lowest BCUT2D eigenvalue weighted by molar-refractivity contribution is -0.307. The first-order valence-electron chi connectivity index (χ1n) is 28.7. The van der Waals surface area contributed by atoms with E-state index in [0.29, 0.717) is 38.4 Å². The highest BCUT2D eigenvalue weighted by molar-refractivity contribution is 9.09. The molecule has 5 aromatic rings. The number of benzene rings is 5. The number of aryl methyl sites for hydroxylation is 1. The van der Waals surface area contributed by atoms with Gasteiger partial charge in [0.05, 0.1) is 6.61 Å². The summed E-state index contributed by atoms with van der Waals surface area (Å²) in [4.78, 5) is 92.4. The highest BCUT2D eigenvalue weighted by atomic mass is 79.9.